The van der Waals surface area contributed by atoms with Gasteiger partial charge in [0, 0.05) is 11.3 Å². The van der Waals surface area contributed by atoms with E-state index < -0.39 is 39.8 Å². The topological polar surface area (TPSA) is 234 Å². The highest BCUT2D eigenvalue weighted by Gasteiger charge is 2.23. The largest absolute Gasteiger partial charge is 0.476 e. The Kier molecular flexibility index (Phi) is 6.70. The van der Waals surface area contributed by atoms with Gasteiger partial charge in [-0.2, -0.15) is 0 Å². The van der Waals surface area contributed by atoms with E-state index in [-0.39, 0.29) is 27.7 Å². The van der Waals surface area contributed by atoms with Gasteiger partial charge in [0.1, 0.15) is 11.2 Å². The van der Waals surface area contributed by atoms with Crippen molar-refractivity contribution in [3.05, 3.63) is 35.0 Å². The smallest absolute Gasteiger partial charge is 0.357 e. The SMILES string of the molecule is N=C(N)NCC(=O)Nc1ccc(S(=O)(=O)Nc2scnc2C(=O)O)cc1C(N)O. The average molecular weight is 443 g/mol. The van der Waals surface area contributed by atoms with Crippen LogP contribution in [0, 0.1) is 5.41 Å². The third-order valence-corrected chi connectivity index (χ3v) is 5.58. The summed E-state index contributed by atoms with van der Waals surface area (Å²) in [6, 6.07) is 3.36. The lowest BCUT2D eigenvalue weighted by Gasteiger charge is -2.15. The Balaban J connectivity index is 2.30. The molecule has 1 heterocycles. The molecule has 13 nitrogen and oxygen atoms in total. The number of amides is 1. The Morgan fingerprint density at radius 1 is 1.34 bits per heavy atom. The number of nitrogens with zero attached hydrogens (tertiary/aromatic N) is 1. The van der Waals surface area contributed by atoms with Gasteiger partial charge in [-0.1, -0.05) is 0 Å². The van der Waals surface area contributed by atoms with Gasteiger partial charge in [0.15, 0.2) is 11.7 Å². The van der Waals surface area contributed by atoms with Gasteiger partial charge in [-0.15, -0.1) is 11.3 Å². The van der Waals surface area contributed by atoms with Gasteiger partial charge in [0.2, 0.25) is 5.91 Å². The molecular formula is C14H17N7O6S2. The van der Waals surface area contributed by atoms with Gasteiger partial charge in [0.05, 0.1) is 17.0 Å². The quantitative estimate of drug-likeness (QED) is 0.141. The van der Waals surface area contributed by atoms with Crippen molar-refractivity contribution in [1.82, 2.24) is 10.3 Å². The maximum atomic E-state index is 12.6. The maximum Gasteiger partial charge on any atom is 0.357 e. The molecular weight excluding hydrogens is 426 g/mol. The molecule has 2 rings (SSSR count). The lowest BCUT2D eigenvalue weighted by atomic mass is 10.1. The highest BCUT2D eigenvalue weighted by molar-refractivity contribution is 7.93. The summed E-state index contributed by atoms with van der Waals surface area (Å²) < 4.78 is 27.3. The van der Waals surface area contributed by atoms with Gasteiger partial charge < -0.3 is 32.3 Å². The van der Waals surface area contributed by atoms with Crippen molar-refractivity contribution in [3.63, 3.8) is 0 Å². The number of hydrogen-bond donors (Lipinski definition) is 8. The Hall–Kier alpha value is -3.27. The van der Waals surface area contributed by atoms with Crippen molar-refractivity contribution in [2.24, 2.45) is 11.5 Å². The molecule has 1 unspecified atom stereocenters. The minimum atomic E-state index is -4.24. The number of anilines is 2. The second-order valence-electron chi connectivity index (χ2n) is 5.45. The van der Waals surface area contributed by atoms with Crippen LogP contribution in [0.4, 0.5) is 10.7 Å². The lowest BCUT2D eigenvalue weighted by Crippen LogP contribution is -2.37. The lowest BCUT2D eigenvalue weighted by molar-refractivity contribution is -0.115. The van der Waals surface area contributed by atoms with Crippen molar-refractivity contribution in [1.29, 1.82) is 5.41 Å². The van der Waals surface area contributed by atoms with Crippen molar-refractivity contribution in [2.45, 2.75) is 11.1 Å². The summed E-state index contributed by atoms with van der Waals surface area (Å²) in [5, 5.41) is 30.3. The number of carbonyl (C=O) groups is 2. The first-order valence-electron chi connectivity index (χ1n) is 7.66. The normalized spacial score (nSPS) is 12.1. The summed E-state index contributed by atoms with van der Waals surface area (Å²) in [7, 11) is -4.24. The molecule has 0 aliphatic carbocycles. The molecule has 2 aromatic rings. The fraction of sp³-hybridized carbons (Fsp3) is 0.143. The van der Waals surface area contributed by atoms with Gasteiger partial charge in [-0.3, -0.25) is 14.9 Å². The van der Waals surface area contributed by atoms with Crippen LogP contribution in [-0.4, -0.2) is 48.0 Å². The van der Waals surface area contributed by atoms with Crippen LogP contribution >= 0.6 is 11.3 Å². The van der Waals surface area contributed by atoms with E-state index in [9.17, 15) is 23.1 Å². The molecule has 29 heavy (non-hydrogen) atoms. The van der Waals surface area contributed by atoms with Crippen LogP contribution in [0.2, 0.25) is 0 Å². The Labute approximate surface area is 168 Å². The zero-order valence-corrected chi connectivity index (χ0v) is 16.2. The van der Waals surface area contributed by atoms with E-state index in [1.54, 1.807) is 0 Å². The van der Waals surface area contributed by atoms with Crippen LogP contribution in [0.15, 0.2) is 28.6 Å². The second kappa shape index (κ2) is 8.82. The maximum absolute atomic E-state index is 12.6. The van der Waals surface area contributed by atoms with Crippen molar-refractivity contribution < 1.29 is 28.2 Å². The molecule has 1 aromatic heterocycles. The average Bonchev–Trinajstić information content (AvgIpc) is 3.07. The molecule has 156 valence electrons. The van der Waals surface area contributed by atoms with Gasteiger partial charge in [0.25, 0.3) is 10.0 Å². The van der Waals surface area contributed by atoms with Gasteiger partial charge >= 0.3 is 5.97 Å². The summed E-state index contributed by atoms with van der Waals surface area (Å²) in [4.78, 5) is 26.2. The second-order valence-corrected chi connectivity index (χ2v) is 7.99. The number of carboxylic acids is 1. The number of hydrogen-bond acceptors (Lipinski definition) is 9. The first-order valence-corrected chi connectivity index (χ1v) is 10.0. The highest BCUT2D eigenvalue weighted by Crippen LogP contribution is 2.28. The van der Waals surface area contributed by atoms with E-state index in [2.05, 4.69) is 20.3 Å². The Morgan fingerprint density at radius 3 is 2.62 bits per heavy atom. The van der Waals surface area contributed by atoms with Crippen molar-refractivity contribution in [3.8, 4) is 0 Å². The summed E-state index contributed by atoms with van der Waals surface area (Å²) in [5.74, 6) is -2.44. The molecule has 0 spiro atoms. The molecule has 0 saturated heterocycles. The summed E-state index contributed by atoms with van der Waals surface area (Å²) in [6.45, 7) is -0.333. The molecule has 1 atom stereocenters. The first kappa shape index (κ1) is 22.0. The van der Waals surface area contributed by atoms with Crippen LogP contribution in [0.5, 0.6) is 0 Å². The number of aromatic nitrogens is 1. The highest BCUT2D eigenvalue weighted by atomic mass is 32.2. The number of aromatic carboxylic acids is 1. The number of aliphatic hydroxyl groups excluding tert-OH is 1. The zero-order valence-electron chi connectivity index (χ0n) is 14.5. The van der Waals surface area contributed by atoms with Crippen molar-refractivity contribution in [2.75, 3.05) is 16.6 Å². The minimum Gasteiger partial charge on any atom is -0.476 e. The number of nitrogens with two attached hydrogens (primary N) is 2. The zero-order chi connectivity index (χ0) is 21.8. The predicted octanol–water partition coefficient (Wildman–Crippen LogP) is -0.987. The molecule has 0 aliphatic rings. The number of benzene rings is 1. The monoisotopic (exact) mass is 443 g/mol. The molecule has 0 saturated carbocycles. The first-order chi connectivity index (χ1) is 13.5. The van der Waals surface area contributed by atoms with E-state index in [0.29, 0.717) is 0 Å². The fourth-order valence-corrected chi connectivity index (χ4v) is 4.11. The van der Waals surface area contributed by atoms with Crippen molar-refractivity contribution >= 4 is 49.9 Å². The van der Waals surface area contributed by atoms with Gasteiger partial charge in [-0.25, -0.2) is 18.2 Å². The Morgan fingerprint density at radius 2 is 2.03 bits per heavy atom. The van der Waals surface area contributed by atoms with Crippen LogP contribution in [0.3, 0.4) is 0 Å². The van der Waals surface area contributed by atoms with E-state index >= 15 is 0 Å². The van der Waals surface area contributed by atoms with Gasteiger partial charge in [-0.05, 0) is 18.2 Å². The molecule has 0 aliphatic heterocycles. The molecule has 1 aromatic carbocycles. The number of carbonyl (C=O) groups excluding carboxylic acids is 1. The predicted molar refractivity (Wildman–Crippen MR) is 104 cm³/mol. The van der Waals surface area contributed by atoms with Crippen LogP contribution in [-0.2, 0) is 14.8 Å². The van der Waals surface area contributed by atoms with Crippen LogP contribution in [0.1, 0.15) is 22.3 Å². The molecule has 0 fully saturated rings. The van der Waals surface area contributed by atoms with E-state index in [1.807, 2.05) is 0 Å². The number of carboxylic acid groups (broad SMARTS) is 1. The third-order valence-electron chi connectivity index (χ3n) is 3.36. The summed E-state index contributed by atoms with van der Waals surface area (Å²) in [5.41, 5.74) is 11.2. The number of guanidine groups is 1. The van der Waals surface area contributed by atoms with Crippen LogP contribution in [0.25, 0.3) is 0 Å². The number of rotatable bonds is 8. The number of sulfonamides is 1. The van der Waals surface area contributed by atoms with E-state index in [1.165, 1.54) is 11.6 Å². The van der Waals surface area contributed by atoms with E-state index in [0.717, 1.165) is 23.5 Å². The standard InChI is InChI=1S/C14H17N7O6S2/c15-11(23)7-3-6(1-2-8(7)20-9(22)4-18-14(16)17)29(26,27)21-12-10(13(24)25)19-5-28-12/h1-3,5,11,21,23H,4,15H2,(H,20,22)(H,24,25)(H4,16,17,18). The number of aliphatic hydroxyl groups is 1. The molecule has 10 N–H and O–H groups in total. The van der Waals surface area contributed by atoms with Crippen LogP contribution < -0.4 is 26.8 Å². The number of thiazole rings is 1. The number of nitrogens with one attached hydrogen (secondary N) is 4. The summed E-state index contributed by atoms with van der Waals surface area (Å²) >= 11 is 0.781. The fourth-order valence-electron chi connectivity index (χ4n) is 2.09. The molecule has 0 radical (unpaired) electrons. The Bertz CT molecular complexity index is 1050. The minimum absolute atomic E-state index is 0.0401. The molecule has 0 bridgehead atoms. The van der Waals surface area contributed by atoms with E-state index in [4.69, 9.17) is 22.0 Å². The molecule has 15 heteroatoms. The summed E-state index contributed by atoms with van der Waals surface area (Å²) in [6.07, 6.45) is -1.63. The third kappa shape index (κ3) is 5.61. The molecule has 1 amide bonds.